The van der Waals surface area contributed by atoms with Crippen molar-refractivity contribution in [2.75, 3.05) is 6.54 Å². The largest absolute Gasteiger partial charge is 0.309 e. The van der Waals surface area contributed by atoms with Crippen LogP contribution in [0.2, 0.25) is 5.02 Å². The lowest BCUT2D eigenvalue weighted by molar-refractivity contribution is 0.536. The number of aromatic nitrogens is 1. The van der Waals surface area contributed by atoms with Gasteiger partial charge in [-0.2, -0.15) is 0 Å². The smallest absolute Gasteiger partial charge is 0.0589 e. The van der Waals surface area contributed by atoms with Crippen LogP contribution in [0.15, 0.2) is 47.1 Å². The summed E-state index contributed by atoms with van der Waals surface area (Å²) < 4.78 is 1.10. The van der Waals surface area contributed by atoms with Gasteiger partial charge in [0.25, 0.3) is 0 Å². The summed E-state index contributed by atoms with van der Waals surface area (Å²) in [5, 5.41) is 4.13. The second-order valence-electron chi connectivity index (χ2n) is 4.35. The highest BCUT2D eigenvalue weighted by Gasteiger charge is 2.12. The Morgan fingerprint density at radius 2 is 2.16 bits per heavy atom. The van der Waals surface area contributed by atoms with Crippen molar-refractivity contribution in [3.8, 4) is 0 Å². The van der Waals surface area contributed by atoms with E-state index in [2.05, 4.69) is 51.4 Å². The molecule has 0 spiro atoms. The lowest BCUT2D eigenvalue weighted by Crippen LogP contribution is -2.23. The monoisotopic (exact) mass is 338 g/mol. The van der Waals surface area contributed by atoms with Gasteiger partial charge in [0.15, 0.2) is 0 Å². The minimum absolute atomic E-state index is 0.205. The second-order valence-corrected chi connectivity index (χ2v) is 5.70. The molecule has 0 saturated carbocycles. The average molecular weight is 340 g/mol. The van der Waals surface area contributed by atoms with Gasteiger partial charge in [-0.25, -0.2) is 0 Å². The van der Waals surface area contributed by atoms with Crippen LogP contribution >= 0.6 is 27.5 Å². The van der Waals surface area contributed by atoms with Crippen molar-refractivity contribution in [1.29, 1.82) is 0 Å². The van der Waals surface area contributed by atoms with Gasteiger partial charge in [-0.3, -0.25) is 4.98 Å². The summed E-state index contributed by atoms with van der Waals surface area (Å²) in [7, 11) is 0. The third-order valence-electron chi connectivity index (χ3n) is 2.89. The van der Waals surface area contributed by atoms with Gasteiger partial charge in [0.2, 0.25) is 0 Å². The third kappa shape index (κ3) is 4.30. The predicted molar refractivity (Wildman–Crippen MR) is 83.5 cm³/mol. The number of halogens is 2. The van der Waals surface area contributed by atoms with Gasteiger partial charge < -0.3 is 5.32 Å². The molecule has 1 atom stereocenters. The lowest BCUT2D eigenvalue weighted by atomic mass is 10.0. The summed E-state index contributed by atoms with van der Waals surface area (Å²) >= 11 is 9.39. The molecule has 0 aliphatic heterocycles. The molecule has 0 amide bonds. The Kier molecular flexibility index (Phi) is 5.37. The van der Waals surface area contributed by atoms with E-state index in [1.807, 2.05) is 18.2 Å². The molecule has 0 radical (unpaired) electrons. The number of pyridine rings is 1. The standard InChI is InChI=1S/C15H16BrClN2/c1-2-18-15(14-7-6-13(17)10-19-14)9-11-4-3-5-12(16)8-11/h3-8,10,15,18H,2,9H2,1H3. The quantitative estimate of drug-likeness (QED) is 0.874. The van der Waals surface area contributed by atoms with Crippen LogP contribution in [0.1, 0.15) is 24.2 Å². The average Bonchev–Trinajstić information content (AvgIpc) is 2.39. The minimum Gasteiger partial charge on any atom is -0.309 e. The van der Waals surface area contributed by atoms with Crippen LogP contribution in [0.3, 0.4) is 0 Å². The minimum atomic E-state index is 0.205. The fourth-order valence-corrected chi connectivity index (χ4v) is 2.58. The van der Waals surface area contributed by atoms with Crippen LogP contribution in [0, 0.1) is 0 Å². The van der Waals surface area contributed by atoms with Crippen LogP contribution in [0.4, 0.5) is 0 Å². The second kappa shape index (κ2) is 7.04. The summed E-state index contributed by atoms with van der Waals surface area (Å²) in [6.07, 6.45) is 2.60. The molecule has 100 valence electrons. The van der Waals surface area contributed by atoms with E-state index in [1.54, 1.807) is 6.20 Å². The van der Waals surface area contributed by atoms with E-state index in [0.29, 0.717) is 5.02 Å². The number of nitrogens with one attached hydrogen (secondary N) is 1. The molecule has 2 nitrogen and oxygen atoms in total. The topological polar surface area (TPSA) is 24.9 Å². The Labute approximate surface area is 127 Å². The van der Waals surface area contributed by atoms with Gasteiger partial charge in [-0.15, -0.1) is 0 Å². The van der Waals surface area contributed by atoms with Crippen molar-refractivity contribution in [2.24, 2.45) is 0 Å². The van der Waals surface area contributed by atoms with Gasteiger partial charge >= 0.3 is 0 Å². The molecular formula is C15H16BrClN2. The number of hydrogen-bond donors (Lipinski definition) is 1. The van der Waals surface area contributed by atoms with E-state index in [9.17, 15) is 0 Å². The molecule has 1 N–H and O–H groups in total. The molecule has 1 aromatic carbocycles. The van der Waals surface area contributed by atoms with Crippen LogP contribution in [0.25, 0.3) is 0 Å². The normalized spacial score (nSPS) is 12.4. The fourth-order valence-electron chi connectivity index (χ4n) is 2.02. The Bertz CT molecular complexity index is 528. The predicted octanol–water partition coefficient (Wildman–Crippen LogP) is 4.39. The van der Waals surface area contributed by atoms with E-state index < -0.39 is 0 Å². The van der Waals surface area contributed by atoms with E-state index >= 15 is 0 Å². The highest BCUT2D eigenvalue weighted by Crippen LogP contribution is 2.20. The molecule has 19 heavy (non-hydrogen) atoms. The van der Waals surface area contributed by atoms with Crippen LogP contribution in [-0.4, -0.2) is 11.5 Å². The first-order valence-corrected chi connectivity index (χ1v) is 7.45. The molecule has 0 fully saturated rings. The molecular weight excluding hydrogens is 324 g/mol. The maximum atomic E-state index is 5.89. The Morgan fingerprint density at radius 1 is 1.32 bits per heavy atom. The molecule has 1 unspecified atom stereocenters. The number of hydrogen-bond acceptors (Lipinski definition) is 2. The van der Waals surface area contributed by atoms with Gasteiger partial charge in [0.05, 0.1) is 16.8 Å². The number of rotatable bonds is 5. The van der Waals surface area contributed by atoms with Crippen molar-refractivity contribution in [2.45, 2.75) is 19.4 Å². The lowest BCUT2D eigenvalue weighted by Gasteiger charge is -2.17. The molecule has 1 heterocycles. The molecule has 0 bridgehead atoms. The maximum absolute atomic E-state index is 5.89. The zero-order chi connectivity index (χ0) is 13.7. The zero-order valence-electron chi connectivity index (χ0n) is 10.7. The number of likely N-dealkylation sites (N-methyl/N-ethyl adjacent to an activating group) is 1. The highest BCUT2D eigenvalue weighted by molar-refractivity contribution is 9.10. The van der Waals surface area contributed by atoms with Crippen molar-refractivity contribution < 1.29 is 0 Å². The van der Waals surface area contributed by atoms with Crippen molar-refractivity contribution in [3.63, 3.8) is 0 Å². The van der Waals surface area contributed by atoms with Crippen LogP contribution in [-0.2, 0) is 6.42 Å². The van der Waals surface area contributed by atoms with Crippen LogP contribution in [0.5, 0.6) is 0 Å². The Balaban J connectivity index is 2.18. The molecule has 0 aliphatic carbocycles. The molecule has 2 aromatic rings. The van der Waals surface area contributed by atoms with E-state index in [1.165, 1.54) is 5.56 Å². The van der Waals surface area contributed by atoms with Gasteiger partial charge in [0.1, 0.15) is 0 Å². The molecule has 4 heteroatoms. The van der Waals surface area contributed by atoms with Gasteiger partial charge in [0, 0.05) is 10.7 Å². The highest BCUT2D eigenvalue weighted by atomic mass is 79.9. The zero-order valence-corrected chi connectivity index (χ0v) is 13.1. The summed E-state index contributed by atoms with van der Waals surface area (Å²) in [4.78, 5) is 4.41. The molecule has 2 rings (SSSR count). The Hall–Kier alpha value is -0.900. The SMILES string of the molecule is CCNC(Cc1cccc(Br)c1)c1ccc(Cl)cn1. The first-order chi connectivity index (χ1) is 9.19. The third-order valence-corrected chi connectivity index (χ3v) is 3.60. The molecule has 0 saturated heterocycles. The number of nitrogens with zero attached hydrogens (tertiary/aromatic N) is 1. The fraction of sp³-hybridized carbons (Fsp3) is 0.267. The summed E-state index contributed by atoms with van der Waals surface area (Å²) in [5.41, 5.74) is 2.29. The van der Waals surface area contributed by atoms with Crippen molar-refractivity contribution >= 4 is 27.5 Å². The van der Waals surface area contributed by atoms with E-state index in [4.69, 9.17) is 11.6 Å². The summed E-state index contributed by atoms with van der Waals surface area (Å²) in [5.74, 6) is 0. The van der Waals surface area contributed by atoms with Crippen molar-refractivity contribution in [1.82, 2.24) is 10.3 Å². The first kappa shape index (κ1) is 14.5. The number of benzene rings is 1. The van der Waals surface area contributed by atoms with E-state index in [-0.39, 0.29) is 6.04 Å². The van der Waals surface area contributed by atoms with Gasteiger partial charge in [-0.05, 0) is 42.8 Å². The first-order valence-electron chi connectivity index (χ1n) is 6.28. The summed E-state index contributed by atoms with van der Waals surface area (Å²) in [6, 6.07) is 12.4. The molecule has 0 aliphatic rings. The van der Waals surface area contributed by atoms with Gasteiger partial charge in [-0.1, -0.05) is 46.6 Å². The van der Waals surface area contributed by atoms with Crippen molar-refractivity contribution in [3.05, 3.63) is 63.3 Å². The molecule has 1 aromatic heterocycles. The van der Waals surface area contributed by atoms with E-state index in [0.717, 1.165) is 23.1 Å². The maximum Gasteiger partial charge on any atom is 0.0589 e. The summed E-state index contributed by atoms with van der Waals surface area (Å²) in [6.45, 7) is 3.01. The Morgan fingerprint density at radius 3 is 2.79 bits per heavy atom. The van der Waals surface area contributed by atoms with Crippen LogP contribution < -0.4 is 5.32 Å².